The average Bonchev–Trinajstić information content (AvgIpc) is 2.39. The van der Waals surface area contributed by atoms with Crippen LogP contribution in [0.25, 0.3) is 0 Å². The van der Waals surface area contributed by atoms with Gasteiger partial charge in [0, 0.05) is 17.8 Å². The fourth-order valence-corrected chi connectivity index (χ4v) is 2.38. The van der Waals surface area contributed by atoms with E-state index >= 15 is 0 Å². The van der Waals surface area contributed by atoms with Gasteiger partial charge in [0.15, 0.2) is 0 Å². The molecule has 0 fully saturated rings. The molecule has 0 unspecified atom stereocenters. The van der Waals surface area contributed by atoms with Crippen molar-refractivity contribution in [1.82, 2.24) is 0 Å². The number of primary sulfonamides is 1. The van der Waals surface area contributed by atoms with Crippen LogP contribution in [0.4, 0.5) is 10.1 Å². The van der Waals surface area contributed by atoms with Gasteiger partial charge in [-0.25, -0.2) is 17.9 Å². The van der Waals surface area contributed by atoms with Crippen LogP contribution in [-0.2, 0) is 16.6 Å². The Hall–Kier alpha value is -1.92. The number of anilines is 1. The van der Waals surface area contributed by atoms with Crippen molar-refractivity contribution in [1.29, 1.82) is 0 Å². The topological polar surface area (TPSA) is 72.2 Å². The predicted octanol–water partition coefficient (Wildman–Crippen LogP) is 2.39. The Morgan fingerprint density at radius 2 is 1.95 bits per heavy atom. The molecule has 4 nitrogen and oxygen atoms in total. The van der Waals surface area contributed by atoms with E-state index in [2.05, 4.69) is 5.32 Å². The minimum absolute atomic E-state index is 0.0206. The van der Waals surface area contributed by atoms with Gasteiger partial charge in [-0.3, -0.25) is 0 Å². The zero-order valence-electron chi connectivity index (χ0n) is 10.9. The van der Waals surface area contributed by atoms with E-state index in [9.17, 15) is 12.8 Å². The normalized spacial score (nSPS) is 11.3. The number of nitrogens with two attached hydrogens (primary N) is 1. The van der Waals surface area contributed by atoms with Crippen molar-refractivity contribution in [3.05, 3.63) is 59.4 Å². The first-order valence-corrected chi connectivity index (χ1v) is 7.52. The number of sulfonamides is 1. The first-order valence-electron chi connectivity index (χ1n) is 5.98. The lowest BCUT2D eigenvalue weighted by molar-refractivity contribution is 0.597. The van der Waals surface area contributed by atoms with Gasteiger partial charge in [0.1, 0.15) is 5.82 Å². The summed E-state index contributed by atoms with van der Waals surface area (Å²) in [5.74, 6) is -0.300. The van der Waals surface area contributed by atoms with Crippen molar-refractivity contribution < 1.29 is 12.8 Å². The lowest BCUT2D eigenvalue weighted by atomic mass is 10.1. The Bertz CT molecular complexity index is 730. The van der Waals surface area contributed by atoms with Gasteiger partial charge in [-0.2, -0.15) is 0 Å². The van der Waals surface area contributed by atoms with Crippen molar-refractivity contribution in [3.8, 4) is 0 Å². The summed E-state index contributed by atoms with van der Waals surface area (Å²) in [7, 11) is -3.74. The number of aryl methyl sites for hydroxylation is 1. The number of hydrogen-bond acceptors (Lipinski definition) is 3. The van der Waals surface area contributed by atoms with E-state index in [-0.39, 0.29) is 17.3 Å². The van der Waals surface area contributed by atoms with E-state index in [1.54, 1.807) is 24.3 Å². The van der Waals surface area contributed by atoms with Crippen LogP contribution >= 0.6 is 0 Å². The van der Waals surface area contributed by atoms with E-state index in [0.29, 0.717) is 11.3 Å². The molecule has 0 saturated heterocycles. The van der Waals surface area contributed by atoms with Crippen molar-refractivity contribution in [3.63, 3.8) is 0 Å². The number of benzene rings is 2. The zero-order chi connectivity index (χ0) is 14.8. The predicted molar refractivity (Wildman–Crippen MR) is 76.3 cm³/mol. The molecule has 0 saturated carbocycles. The Morgan fingerprint density at radius 3 is 2.65 bits per heavy atom. The van der Waals surface area contributed by atoms with Gasteiger partial charge in [-0.05, 0) is 31.2 Å². The molecule has 0 aliphatic rings. The van der Waals surface area contributed by atoms with Crippen LogP contribution < -0.4 is 10.5 Å². The van der Waals surface area contributed by atoms with Gasteiger partial charge in [0.05, 0.1) is 4.90 Å². The fourth-order valence-electron chi connectivity index (χ4n) is 1.82. The largest absolute Gasteiger partial charge is 0.381 e. The standard InChI is InChI=1S/C14H15FN2O2S/c1-10-5-6-14(15)11(7-10)9-17-12-3-2-4-13(8-12)20(16,18)19/h2-8,17H,9H2,1H3,(H2,16,18,19). The molecule has 0 aliphatic heterocycles. The second-order valence-corrected chi connectivity index (χ2v) is 6.08. The molecule has 0 spiro atoms. The third kappa shape index (κ3) is 3.55. The van der Waals surface area contributed by atoms with Crippen LogP contribution in [0.1, 0.15) is 11.1 Å². The highest BCUT2D eigenvalue weighted by molar-refractivity contribution is 7.89. The maximum Gasteiger partial charge on any atom is 0.238 e. The average molecular weight is 294 g/mol. The Morgan fingerprint density at radius 1 is 1.20 bits per heavy atom. The lowest BCUT2D eigenvalue weighted by Gasteiger charge is -2.09. The lowest BCUT2D eigenvalue weighted by Crippen LogP contribution is -2.12. The van der Waals surface area contributed by atoms with E-state index in [1.807, 2.05) is 6.92 Å². The molecular formula is C14H15FN2O2S. The van der Waals surface area contributed by atoms with Crippen LogP contribution in [0.3, 0.4) is 0 Å². The molecule has 2 aromatic carbocycles. The summed E-state index contributed by atoms with van der Waals surface area (Å²) in [5, 5.41) is 8.04. The highest BCUT2D eigenvalue weighted by atomic mass is 32.2. The van der Waals surface area contributed by atoms with Gasteiger partial charge in [0.25, 0.3) is 0 Å². The van der Waals surface area contributed by atoms with E-state index < -0.39 is 10.0 Å². The number of halogens is 1. The second-order valence-electron chi connectivity index (χ2n) is 4.52. The molecule has 0 heterocycles. The van der Waals surface area contributed by atoms with Gasteiger partial charge in [-0.1, -0.05) is 23.8 Å². The molecular weight excluding hydrogens is 279 g/mol. The van der Waals surface area contributed by atoms with Crippen molar-refractivity contribution in [2.75, 3.05) is 5.32 Å². The van der Waals surface area contributed by atoms with Crippen molar-refractivity contribution in [2.45, 2.75) is 18.4 Å². The first-order chi connectivity index (χ1) is 9.36. The molecule has 2 rings (SSSR count). The molecule has 3 N–H and O–H groups in total. The highest BCUT2D eigenvalue weighted by Crippen LogP contribution is 2.16. The van der Waals surface area contributed by atoms with Crippen molar-refractivity contribution in [2.24, 2.45) is 5.14 Å². The summed E-state index contributed by atoms with van der Waals surface area (Å²) < 4.78 is 36.1. The van der Waals surface area contributed by atoms with E-state index in [1.165, 1.54) is 18.2 Å². The minimum Gasteiger partial charge on any atom is -0.381 e. The zero-order valence-corrected chi connectivity index (χ0v) is 11.7. The van der Waals surface area contributed by atoms with Gasteiger partial charge in [-0.15, -0.1) is 0 Å². The molecule has 106 valence electrons. The molecule has 0 bridgehead atoms. The van der Waals surface area contributed by atoms with Crippen LogP contribution in [-0.4, -0.2) is 8.42 Å². The first kappa shape index (κ1) is 14.5. The van der Waals surface area contributed by atoms with E-state index in [0.717, 1.165) is 5.56 Å². The molecule has 6 heteroatoms. The maximum atomic E-state index is 13.6. The molecule has 20 heavy (non-hydrogen) atoms. The van der Waals surface area contributed by atoms with Crippen LogP contribution in [0, 0.1) is 12.7 Å². The number of rotatable bonds is 4. The molecule has 0 aliphatic carbocycles. The minimum atomic E-state index is -3.74. The number of hydrogen-bond donors (Lipinski definition) is 2. The highest BCUT2D eigenvalue weighted by Gasteiger charge is 2.08. The third-order valence-corrected chi connectivity index (χ3v) is 3.76. The summed E-state index contributed by atoms with van der Waals surface area (Å²) in [5.41, 5.74) is 2.05. The van der Waals surface area contributed by atoms with Gasteiger partial charge < -0.3 is 5.32 Å². The summed E-state index contributed by atoms with van der Waals surface area (Å²) in [6, 6.07) is 11.0. The summed E-state index contributed by atoms with van der Waals surface area (Å²) in [6.07, 6.45) is 0. The smallest absolute Gasteiger partial charge is 0.238 e. The van der Waals surface area contributed by atoms with Crippen molar-refractivity contribution >= 4 is 15.7 Å². The molecule has 0 aromatic heterocycles. The fraction of sp³-hybridized carbons (Fsp3) is 0.143. The molecule has 0 atom stereocenters. The van der Waals surface area contributed by atoms with Gasteiger partial charge >= 0.3 is 0 Å². The molecule has 2 aromatic rings. The van der Waals surface area contributed by atoms with Crippen LogP contribution in [0.2, 0.25) is 0 Å². The molecule has 0 amide bonds. The monoisotopic (exact) mass is 294 g/mol. The Balaban J connectivity index is 2.17. The quantitative estimate of drug-likeness (QED) is 0.909. The third-order valence-electron chi connectivity index (χ3n) is 2.85. The van der Waals surface area contributed by atoms with E-state index in [4.69, 9.17) is 5.14 Å². The summed E-state index contributed by atoms with van der Waals surface area (Å²) in [6.45, 7) is 2.14. The SMILES string of the molecule is Cc1ccc(F)c(CNc2cccc(S(N)(=O)=O)c2)c1. The van der Waals surface area contributed by atoms with Crippen LogP contribution in [0.15, 0.2) is 47.4 Å². The van der Waals surface area contributed by atoms with Crippen LogP contribution in [0.5, 0.6) is 0 Å². The second kappa shape index (κ2) is 5.60. The summed E-state index contributed by atoms with van der Waals surface area (Å²) in [4.78, 5) is 0.0206. The Labute approximate surface area is 117 Å². The molecule has 0 radical (unpaired) electrons. The number of nitrogens with one attached hydrogen (secondary N) is 1. The Kier molecular flexibility index (Phi) is 4.06. The summed E-state index contributed by atoms with van der Waals surface area (Å²) >= 11 is 0. The maximum absolute atomic E-state index is 13.6. The van der Waals surface area contributed by atoms with Gasteiger partial charge in [0.2, 0.25) is 10.0 Å².